The van der Waals surface area contributed by atoms with Crippen molar-refractivity contribution in [2.75, 3.05) is 12.4 Å². The zero-order valence-corrected chi connectivity index (χ0v) is 12.0. The summed E-state index contributed by atoms with van der Waals surface area (Å²) in [5.74, 6) is 2.84. The minimum atomic E-state index is -0.489. The standard InChI is InChI=1S/C12H14N4O3S/c1-4-5-16-9-8(10(18)15(3)12(16)19)14(2)11(13-9)20-7-6-17/h1,17H,5-7H2,2-3H3. The monoisotopic (exact) mass is 294 g/mol. The summed E-state index contributed by atoms with van der Waals surface area (Å²) in [6, 6.07) is 0. The highest BCUT2D eigenvalue weighted by molar-refractivity contribution is 7.99. The maximum atomic E-state index is 12.2. The van der Waals surface area contributed by atoms with Crippen LogP contribution in [0.4, 0.5) is 0 Å². The highest BCUT2D eigenvalue weighted by Gasteiger charge is 2.18. The van der Waals surface area contributed by atoms with E-state index in [0.717, 1.165) is 4.57 Å². The minimum absolute atomic E-state index is 0.00302. The summed E-state index contributed by atoms with van der Waals surface area (Å²) in [7, 11) is 3.10. The topological polar surface area (TPSA) is 82.1 Å². The summed E-state index contributed by atoms with van der Waals surface area (Å²) in [4.78, 5) is 28.6. The summed E-state index contributed by atoms with van der Waals surface area (Å²) in [6.45, 7) is 0.0492. The molecule has 1 N–H and O–H groups in total. The number of aliphatic hydroxyl groups is 1. The van der Waals surface area contributed by atoms with Gasteiger partial charge in [0.2, 0.25) is 0 Å². The first-order valence-corrected chi connectivity index (χ1v) is 6.84. The lowest BCUT2D eigenvalue weighted by Gasteiger charge is -2.05. The predicted octanol–water partition coefficient (Wildman–Crippen LogP) is -0.849. The predicted molar refractivity (Wildman–Crippen MR) is 76.9 cm³/mol. The van der Waals surface area contributed by atoms with Crippen molar-refractivity contribution in [3.8, 4) is 12.3 Å². The molecule has 106 valence electrons. The normalized spacial score (nSPS) is 10.9. The van der Waals surface area contributed by atoms with Crippen LogP contribution in [0.15, 0.2) is 14.7 Å². The van der Waals surface area contributed by atoms with Crippen molar-refractivity contribution < 1.29 is 5.11 Å². The Bertz CT molecular complexity index is 809. The number of aromatic nitrogens is 4. The minimum Gasteiger partial charge on any atom is -0.396 e. The number of hydrogen-bond acceptors (Lipinski definition) is 5. The summed E-state index contributed by atoms with van der Waals surface area (Å²) in [5.41, 5.74) is -0.303. The Morgan fingerprint density at radius 1 is 1.35 bits per heavy atom. The molecule has 8 heteroatoms. The van der Waals surface area contributed by atoms with Crippen LogP contribution in [0.2, 0.25) is 0 Å². The Morgan fingerprint density at radius 2 is 2.05 bits per heavy atom. The summed E-state index contributed by atoms with van der Waals surface area (Å²) in [6.07, 6.45) is 5.26. The van der Waals surface area contributed by atoms with Gasteiger partial charge in [0.1, 0.15) is 0 Å². The van der Waals surface area contributed by atoms with Crippen LogP contribution < -0.4 is 11.2 Å². The number of thioether (sulfide) groups is 1. The SMILES string of the molecule is C#CCn1c(=O)n(C)c(=O)c2c1nc(SCCO)n2C. The van der Waals surface area contributed by atoms with E-state index in [1.807, 2.05) is 0 Å². The molecule has 0 aromatic carbocycles. The van der Waals surface area contributed by atoms with Crippen molar-refractivity contribution in [3.63, 3.8) is 0 Å². The third-order valence-electron chi connectivity index (χ3n) is 2.89. The second-order valence-corrected chi connectivity index (χ2v) is 5.20. The zero-order valence-electron chi connectivity index (χ0n) is 11.2. The first-order chi connectivity index (χ1) is 9.52. The molecule has 0 aliphatic rings. The number of fused-ring (bicyclic) bond motifs is 1. The molecule has 0 aliphatic heterocycles. The molecule has 2 aromatic heterocycles. The third kappa shape index (κ3) is 2.15. The van der Waals surface area contributed by atoms with Gasteiger partial charge in [-0.05, 0) is 0 Å². The lowest BCUT2D eigenvalue weighted by atomic mass is 10.5. The second-order valence-electron chi connectivity index (χ2n) is 4.13. The summed E-state index contributed by atoms with van der Waals surface area (Å²) in [5, 5.41) is 9.43. The van der Waals surface area contributed by atoms with Gasteiger partial charge in [0.05, 0.1) is 13.2 Å². The lowest BCUT2D eigenvalue weighted by Crippen LogP contribution is -2.38. The van der Waals surface area contributed by atoms with Crippen molar-refractivity contribution in [2.45, 2.75) is 11.7 Å². The van der Waals surface area contributed by atoms with Gasteiger partial charge in [0, 0.05) is 19.8 Å². The van der Waals surface area contributed by atoms with Crippen molar-refractivity contribution in [3.05, 3.63) is 20.8 Å². The first-order valence-electron chi connectivity index (χ1n) is 5.86. The molecule has 0 saturated heterocycles. The molecule has 0 atom stereocenters. The van der Waals surface area contributed by atoms with Gasteiger partial charge in [0.15, 0.2) is 16.3 Å². The first kappa shape index (κ1) is 14.4. The molecule has 2 aromatic rings. The second kappa shape index (κ2) is 5.56. The van der Waals surface area contributed by atoms with Gasteiger partial charge < -0.3 is 9.67 Å². The largest absolute Gasteiger partial charge is 0.396 e. The molecule has 20 heavy (non-hydrogen) atoms. The molecular formula is C12H14N4O3S. The number of aliphatic hydroxyl groups excluding tert-OH is 1. The number of hydrogen-bond donors (Lipinski definition) is 1. The number of terminal acetylenes is 1. The van der Waals surface area contributed by atoms with E-state index in [1.165, 1.54) is 23.4 Å². The highest BCUT2D eigenvalue weighted by atomic mass is 32.2. The molecule has 2 heterocycles. The van der Waals surface area contributed by atoms with Gasteiger partial charge in [-0.15, -0.1) is 6.42 Å². The van der Waals surface area contributed by atoms with Crippen molar-refractivity contribution in [1.29, 1.82) is 0 Å². The quantitative estimate of drug-likeness (QED) is 0.587. The highest BCUT2D eigenvalue weighted by Crippen LogP contribution is 2.19. The Hall–Kier alpha value is -1.98. The van der Waals surface area contributed by atoms with E-state index in [2.05, 4.69) is 10.9 Å². The van der Waals surface area contributed by atoms with Gasteiger partial charge in [-0.2, -0.15) is 0 Å². The number of nitrogens with zero attached hydrogens (tertiary/aromatic N) is 4. The van der Waals surface area contributed by atoms with Crippen LogP contribution in [0.5, 0.6) is 0 Å². The van der Waals surface area contributed by atoms with Gasteiger partial charge in [0.25, 0.3) is 5.56 Å². The number of rotatable bonds is 4. The van der Waals surface area contributed by atoms with Gasteiger partial charge in [-0.3, -0.25) is 13.9 Å². The molecule has 0 bridgehead atoms. The molecule has 0 radical (unpaired) electrons. The molecule has 0 amide bonds. The van der Waals surface area contributed by atoms with Gasteiger partial charge in [-0.25, -0.2) is 9.78 Å². The molecule has 0 aliphatic carbocycles. The smallest absolute Gasteiger partial charge is 0.333 e. The van der Waals surface area contributed by atoms with Crippen LogP contribution >= 0.6 is 11.8 Å². The lowest BCUT2D eigenvalue weighted by molar-refractivity contribution is 0.322. The molecule has 2 rings (SSSR count). The summed E-state index contributed by atoms with van der Waals surface area (Å²) >= 11 is 1.31. The van der Waals surface area contributed by atoms with Gasteiger partial charge >= 0.3 is 5.69 Å². The fourth-order valence-corrected chi connectivity index (χ4v) is 2.62. The molecule has 0 unspecified atom stereocenters. The van der Waals surface area contributed by atoms with Crippen LogP contribution in [-0.2, 0) is 20.6 Å². The average Bonchev–Trinajstić information content (AvgIpc) is 2.76. The van der Waals surface area contributed by atoms with Crippen LogP contribution in [0, 0.1) is 12.3 Å². The zero-order chi connectivity index (χ0) is 14.9. The molecule has 0 spiro atoms. The molecule has 0 saturated carbocycles. The fourth-order valence-electron chi connectivity index (χ4n) is 1.91. The maximum absolute atomic E-state index is 12.2. The van der Waals surface area contributed by atoms with E-state index in [1.54, 1.807) is 11.6 Å². The van der Waals surface area contributed by atoms with E-state index in [4.69, 9.17) is 11.5 Å². The molecule has 7 nitrogen and oxygen atoms in total. The van der Waals surface area contributed by atoms with Crippen LogP contribution in [-0.4, -0.2) is 36.2 Å². The van der Waals surface area contributed by atoms with Crippen molar-refractivity contribution in [1.82, 2.24) is 18.7 Å². The average molecular weight is 294 g/mol. The van der Waals surface area contributed by atoms with E-state index in [9.17, 15) is 9.59 Å². The maximum Gasteiger partial charge on any atom is 0.333 e. The Morgan fingerprint density at radius 3 is 2.65 bits per heavy atom. The van der Waals surface area contributed by atoms with Crippen LogP contribution in [0.1, 0.15) is 0 Å². The van der Waals surface area contributed by atoms with Crippen LogP contribution in [0.25, 0.3) is 11.2 Å². The molecule has 0 fully saturated rings. The van der Waals surface area contributed by atoms with Crippen molar-refractivity contribution in [2.24, 2.45) is 14.1 Å². The fraction of sp³-hybridized carbons (Fsp3) is 0.417. The molecular weight excluding hydrogens is 280 g/mol. The van der Waals surface area contributed by atoms with E-state index in [-0.39, 0.29) is 18.8 Å². The third-order valence-corrected chi connectivity index (χ3v) is 3.90. The van der Waals surface area contributed by atoms with E-state index >= 15 is 0 Å². The number of aryl methyl sites for hydroxylation is 1. The Kier molecular flexibility index (Phi) is 4.01. The Labute approximate surface area is 118 Å². The van der Waals surface area contributed by atoms with Crippen molar-refractivity contribution >= 4 is 22.9 Å². The van der Waals surface area contributed by atoms with Gasteiger partial charge in [-0.1, -0.05) is 17.7 Å². The van der Waals surface area contributed by atoms with E-state index in [0.29, 0.717) is 16.4 Å². The Balaban J connectivity index is 2.83. The summed E-state index contributed by atoms with van der Waals surface area (Å²) < 4.78 is 3.92. The van der Waals surface area contributed by atoms with E-state index < -0.39 is 11.2 Å². The number of imidazole rings is 1. The van der Waals surface area contributed by atoms with Crippen LogP contribution in [0.3, 0.4) is 0 Å².